The van der Waals surface area contributed by atoms with Gasteiger partial charge in [-0.3, -0.25) is 0 Å². The molecule has 0 saturated carbocycles. The molecule has 1 unspecified atom stereocenters. The van der Waals surface area contributed by atoms with Crippen LogP contribution in [0.5, 0.6) is 0 Å². The minimum Gasteiger partial charge on any atom is -0.352 e. The van der Waals surface area contributed by atoms with Crippen molar-refractivity contribution in [3.05, 3.63) is 11.9 Å². The molecule has 1 aliphatic heterocycles. The highest BCUT2D eigenvalue weighted by Gasteiger charge is 2.23. The molecule has 0 radical (unpaired) electrons. The number of hydrogen-bond acceptors (Lipinski definition) is 6. The predicted octanol–water partition coefficient (Wildman–Crippen LogP) is 1.66. The van der Waals surface area contributed by atoms with Crippen molar-refractivity contribution >= 4 is 23.4 Å². The van der Waals surface area contributed by atoms with Crippen molar-refractivity contribution in [3.8, 4) is 0 Å². The molecule has 100 valence electrons. The maximum Gasteiger partial charge on any atom is 0.148 e. The van der Waals surface area contributed by atoms with Gasteiger partial charge >= 0.3 is 0 Å². The van der Waals surface area contributed by atoms with E-state index in [2.05, 4.69) is 34.1 Å². The van der Waals surface area contributed by atoms with Gasteiger partial charge in [-0.25, -0.2) is 15.8 Å². The van der Waals surface area contributed by atoms with Crippen LogP contribution in [0.25, 0.3) is 0 Å². The average Bonchev–Trinajstić information content (AvgIpc) is 2.40. The average molecular weight is 267 g/mol. The highest BCUT2D eigenvalue weighted by atomic mass is 32.2. The zero-order valence-corrected chi connectivity index (χ0v) is 11.8. The van der Waals surface area contributed by atoms with E-state index in [1.165, 1.54) is 0 Å². The van der Waals surface area contributed by atoms with Crippen LogP contribution in [-0.2, 0) is 6.42 Å². The van der Waals surface area contributed by atoms with Gasteiger partial charge in [-0.15, -0.1) is 0 Å². The standard InChI is InChI=1S/C12H21N5S/c1-3-4-10-11(16-13)14-8-15-12(10)17-5-6-18-7-9(17)2/h8-9H,3-7,13H2,1-2H3,(H,14,15,16). The van der Waals surface area contributed by atoms with Crippen molar-refractivity contribution < 1.29 is 0 Å². The number of nitrogens with zero attached hydrogens (tertiary/aromatic N) is 3. The Morgan fingerprint density at radius 3 is 3.06 bits per heavy atom. The molecule has 1 aromatic heterocycles. The van der Waals surface area contributed by atoms with E-state index in [0.717, 1.165) is 48.1 Å². The molecular weight excluding hydrogens is 246 g/mol. The van der Waals surface area contributed by atoms with Crippen LogP contribution >= 0.6 is 11.8 Å². The number of rotatable bonds is 4. The third kappa shape index (κ3) is 2.70. The Labute approximate surface area is 113 Å². The molecule has 0 spiro atoms. The maximum atomic E-state index is 5.55. The Hall–Kier alpha value is -1.01. The van der Waals surface area contributed by atoms with Gasteiger partial charge in [0.1, 0.15) is 18.0 Å². The quantitative estimate of drug-likeness (QED) is 0.639. The lowest BCUT2D eigenvalue weighted by atomic mass is 10.1. The minimum atomic E-state index is 0.514. The second-order valence-electron chi connectivity index (χ2n) is 4.54. The molecule has 1 fully saturated rings. The third-order valence-electron chi connectivity index (χ3n) is 3.20. The monoisotopic (exact) mass is 267 g/mol. The lowest BCUT2D eigenvalue weighted by Crippen LogP contribution is -2.41. The van der Waals surface area contributed by atoms with Gasteiger partial charge in [-0.1, -0.05) is 13.3 Å². The summed E-state index contributed by atoms with van der Waals surface area (Å²) in [5.74, 6) is 9.67. The molecule has 1 saturated heterocycles. The normalized spacial score (nSPS) is 19.9. The molecule has 0 aliphatic carbocycles. The van der Waals surface area contributed by atoms with Crippen LogP contribution in [-0.4, -0.2) is 34.1 Å². The maximum absolute atomic E-state index is 5.55. The van der Waals surface area contributed by atoms with Crippen molar-refractivity contribution in [1.29, 1.82) is 0 Å². The van der Waals surface area contributed by atoms with Crippen molar-refractivity contribution in [2.75, 3.05) is 28.4 Å². The summed E-state index contributed by atoms with van der Waals surface area (Å²) in [4.78, 5) is 11.1. The molecule has 18 heavy (non-hydrogen) atoms. The lowest BCUT2D eigenvalue weighted by Gasteiger charge is -2.35. The van der Waals surface area contributed by atoms with Gasteiger partial charge in [0.05, 0.1) is 0 Å². The van der Waals surface area contributed by atoms with Crippen LogP contribution in [0.1, 0.15) is 25.8 Å². The van der Waals surface area contributed by atoms with Crippen molar-refractivity contribution in [3.63, 3.8) is 0 Å². The van der Waals surface area contributed by atoms with Crippen LogP contribution < -0.4 is 16.2 Å². The summed E-state index contributed by atoms with van der Waals surface area (Å²) >= 11 is 2.01. The summed E-state index contributed by atoms with van der Waals surface area (Å²) in [6, 6.07) is 0.514. The van der Waals surface area contributed by atoms with Gasteiger partial charge < -0.3 is 10.3 Å². The summed E-state index contributed by atoms with van der Waals surface area (Å²) in [5.41, 5.74) is 3.83. The molecule has 2 heterocycles. The molecule has 0 amide bonds. The largest absolute Gasteiger partial charge is 0.352 e. The third-order valence-corrected chi connectivity index (χ3v) is 4.39. The molecule has 2 rings (SSSR count). The van der Waals surface area contributed by atoms with E-state index in [-0.39, 0.29) is 0 Å². The molecule has 1 aliphatic rings. The van der Waals surface area contributed by atoms with E-state index < -0.39 is 0 Å². The van der Waals surface area contributed by atoms with Gasteiger partial charge in [0.15, 0.2) is 0 Å². The van der Waals surface area contributed by atoms with Crippen LogP contribution in [0, 0.1) is 0 Å². The Bertz CT molecular complexity index is 398. The number of nitrogens with one attached hydrogen (secondary N) is 1. The molecule has 1 aromatic rings. The topological polar surface area (TPSA) is 67.1 Å². The second kappa shape index (κ2) is 6.24. The molecule has 0 aromatic carbocycles. The molecule has 3 N–H and O–H groups in total. The first-order chi connectivity index (χ1) is 8.77. The van der Waals surface area contributed by atoms with E-state index in [1.807, 2.05) is 11.8 Å². The molecule has 0 bridgehead atoms. The zero-order chi connectivity index (χ0) is 13.0. The van der Waals surface area contributed by atoms with E-state index in [4.69, 9.17) is 5.84 Å². The molecular formula is C12H21N5S. The van der Waals surface area contributed by atoms with Crippen LogP contribution in [0.15, 0.2) is 6.33 Å². The number of thioether (sulfide) groups is 1. The SMILES string of the molecule is CCCc1c(NN)ncnc1N1CCSCC1C. The number of nitrogen functional groups attached to an aromatic ring is 1. The molecule has 1 atom stereocenters. The molecule has 6 heteroatoms. The first-order valence-corrected chi connectivity index (χ1v) is 7.58. The van der Waals surface area contributed by atoms with E-state index in [9.17, 15) is 0 Å². The number of aromatic nitrogens is 2. The van der Waals surface area contributed by atoms with Gasteiger partial charge in [0.2, 0.25) is 0 Å². The van der Waals surface area contributed by atoms with E-state index in [0.29, 0.717) is 6.04 Å². The Morgan fingerprint density at radius 2 is 2.39 bits per heavy atom. The van der Waals surface area contributed by atoms with Gasteiger partial charge in [0, 0.05) is 29.7 Å². The summed E-state index contributed by atoms with van der Waals surface area (Å²) < 4.78 is 0. The fourth-order valence-corrected chi connectivity index (χ4v) is 3.31. The van der Waals surface area contributed by atoms with E-state index in [1.54, 1.807) is 6.33 Å². The number of hydrogen-bond donors (Lipinski definition) is 2. The number of nitrogens with two attached hydrogens (primary N) is 1. The summed E-state index contributed by atoms with van der Waals surface area (Å²) in [6.07, 6.45) is 3.61. The Kier molecular flexibility index (Phi) is 4.66. The zero-order valence-electron chi connectivity index (χ0n) is 11.0. The summed E-state index contributed by atoms with van der Waals surface area (Å²) in [6.45, 7) is 5.45. The second-order valence-corrected chi connectivity index (χ2v) is 5.69. The van der Waals surface area contributed by atoms with E-state index >= 15 is 0 Å². The predicted molar refractivity (Wildman–Crippen MR) is 78.0 cm³/mol. The smallest absolute Gasteiger partial charge is 0.148 e. The fraction of sp³-hybridized carbons (Fsp3) is 0.667. The van der Waals surface area contributed by atoms with Crippen LogP contribution in [0.3, 0.4) is 0 Å². The summed E-state index contributed by atoms with van der Waals surface area (Å²) in [7, 11) is 0. The highest BCUT2D eigenvalue weighted by Crippen LogP contribution is 2.29. The number of anilines is 2. The van der Waals surface area contributed by atoms with Gasteiger partial charge in [-0.2, -0.15) is 11.8 Å². The van der Waals surface area contributed by atoms with Gasteiger partial charge in [0.25, 0.3) is 0 Å². The highest BCUT2D eigenvalue weighted by molar-refractivity contribution is 7.99. The lowest BCUT2D eigenvalue weighted by molar-refractivity contribution is 0.681. The van der Waals surface area contributed by atoms with Gasteiger partial charge in [-0.05, 0) is 13.3 Å². The Morgan fingerprint density at radius 1 is 1.56 bits per heavy atom. The fourth-order valence-electron chi connectivity index (χ4n) is 2.30. The van der Waals surface area contributed by atoms with Crippen LogP contribution in [0.2, 0.25) is 0 Å². The first-order valence-electron chi connectivity index (χ1n) is 6.42. The molecule has 5 nitrogen and oxygen atoms in total. The minimum absolute atomic E-state index is 0.514. The van der Waals surface area contributed by atoms with Crippen molar-refractivity contribution in [1.82, 2.24) is 9.97 Å². The van der Waals surface area contributed by atoms with Crippen molar-refractivity contribution in [2.24, 2.45) is 5.84 Å². The Balaban J connectivity index is 2.35. The summed E-state index contributed by atoms with van der Waals surface area (Å²) in [5, 5.41) is 0. The van der Waals surface area contributed by atoms with Crippen LogP contribution in [0.4, 0.5) is 11.6 Å². The van der Waals surface area contributed by atoms with Crippen molar-refractivity contribution in [2.45, 2.75) is 32.7 Å². The number of hydrazine groups is 1. The first kappa shape index (κ1) is 13.4.